The van der Waals surface area contributed by atoms with Crippen molar-refractivity contribution in [2.75, 3.05) is 24.9 Å². The van der Waals surface area contributed by atoms with Crippen molar-refractivity contribution in [2.24, 2.45) is 0 Å². The average molecular weight is 374 g/mol. The maximum atomic E-state index is 12.6. The number of nitrogens with zero attached hydrogens (tertiary/aromatic N) is 2. The van der Waals surface area contributed by atoms with Crippen molar-refractivity contribution < 1.29 is 14.3 Å². The molecule has 2 N–H and O–H groups in total. The summed E-state index contributed by atoms with van der Waals surface area (Å²) < 4.78 is 10.5. The molecule has 1 heterocycles. The summed E-state index contributed by atoms with van der Waals surface area (Å²) in [6.45, 7) is 0. The molecule has 0 spiro atoms. The summed E-state index contributed by atoms with van der Waals surface area (Å²) in [4.78, 5) is 16.9. The molecule has 3 aromatic rings. The number of carbonyl (C=O) groups excluding carboxylic acids is 1. The minimum atomic E-state index is -0.306. The summed E-state index contributed by atoms with van der Waals surface area (Å²) in [5, 5.41) is 14.9. The molecule has 0 aliphatic rings. The van der Waals surface area contributed by atoms with Crippen LogP contribution >= 0.6 is 0 Å². The molecule has 2 aromatic carbocycles. The molecule has 0 aliphatic heterocycles. The highest BCUT2D eigenvalue weighted by Crippen LogP contribution is 2.29. The highest BCUT2D eigenvalue weighted by molar-refractivity contribution is 6.05. The molecule has 0 saturated carbocycles. The molecule has 140 valence electrons. The highest BCUT2D eigenvalue weighted by Gasteiger charge is 2.12. The molecule has 28 heavy (non-hydrogen) atoms. The second-order valence-corrected chi connectivity index (χ2v) is 5.77. The van der Waals surface area contributed by atoms with Crippen LogP contribution in [0, 0.1) is 11.3 Å². The van der Waals surface area contributed by atoms with E-state index in [2.05, 4.69) is 21.7 Å². The van der Waals surface area contributed by atoms with Gasteiger partial charge in [0.05, 0.1) is 31.5 Å². The lowest BCUT2D eigenvalue weighted by molar-refractivity contribution is 0.102. The van der Waals surface area contributed by atoms with Gasteiger partial charge in [0.25, 0.3) is 5.91 Å². The molecule has 1 amide bonds. The molecule has 0 fully saturated rings. The second-order valence-electron chi connectivity index (χ2n) is 5.77. The van der Waals surface area contributed by atoms with Gasteiger partial charge >= 0.3 is 0 Å². The molecule has 0 saturated heterocycles. The van der Waals surface area contributed by atoms with Crippen molar-refractivity contribution >= 4 is 23.1 Å². The molecule has 0 radical (unpaired) electrons. The number of pyridine rings is 1. The first-order valence-corrected chi connectivity index (χ1v) is 8.39. The lowest BCUT2D eigenvalue weighted by Gasteiger charge is -2.12. The lowest BCUT2D eigenvalue weighted by Crippen LogP contribution is -2.13. The molecular weight excluding hydrogens is 356 g/mol. The summed E-state index contributed by atoms with van der Waals surface area (Å²) in [5.74, 6) is 1.31. The Bertz CT molecular complexity index is 1040. The van der Waals surface area contributed by atoms with Crippen LogP contribution in [0.25, 0.3) is 0 Å². The number of aromatic nitrogens is 1. The summed E-state index contributed by atoms with van der Waals surface area (Å²) in [6.07, 6.45) is 1.54. The van der Waals surface area contributed by atoms with Gasteiger partial charge in [0, 0.05) is 23.5 Å². The van der Waals surface area contributed by atoms with E-state index >= 15 is 0 Å². The monoisotopic (exact) mass is 374 g/mol. The minimum absolute atomic E-state index is 0.306. The molecule has 7 heteroatoms. The van der Waals surface area contributed by atoms with Gasteiger partial charge in [0.15, 0.2) is 0 Å². The first-order valence-electron chi connectivity index (χ1n) is 8.39. The van der Waals surface area contributed by atoms with Gasteiger partial charge in [0.2, 0.25) is 0 Å². The Morgan fingerprint density at radius 3 is 2.68 bits per heavy atom. The van der Waals surface area contributed by atoms with E-state index in [4.69, 9.17) is 14.7 Å². The molecule has 0 bridgehead atoms. The van der Waals surface area contributed by atoms with E-state index in [-0.39, 0.29) is 5.91 Å². The van der Waals surface area contributed by atoms with Crippen molar-refractivity contribution in [1.82, 2.24) is 4.98 Å². The summed E-state index contributed by atoms with van der Waals surface area (Å²) in [6, 6.07) is 17.5. The number of nitrogens with one attached hydrogen (secondary N) is 2. The number of ether oxygens (including phenoxy) is 2. The van der Waals surface area contributed by atoms with Crippen LogP contribution < -0.4 is 20.1 Å². The summed E-state index contributed by atoms with van der Waals surface area (Å²) >= 11 is 0. The molecule has 0 unspecified atom stereocenters. The topological polar surface area (TPSA) is 96.3 Å². The van der Waals surface area contributed by atoms with E-state index in [9.17, 15) is 4.79 Å². The summed E-state index contributed by atoms with van der Waals surface area (Å²) in [5.41, 5.74) is 2.19. The Morgan fingerprint density at radius 2 is 1.93 bits per heavy atom. The Hall–Kier alpha value is -4.05. The smallest absolute Gasteiger partial charge is 0.255 e. The van der Waals surface area contributed by atoms with Crippen molar-refractivity contribution in [3.8, 4) is 17.6 Å². The van der Waals surface area contributed by atoms with Crippen molar-refractivity contribution in [3.63, 3.8) is 0 Å². The first kappa shape index (κ1) is 18.7. The van der Waals surface area contributed by atoms with Gasteiger partial charge < -0.3 is 20.1 Å². The van der Waals surface area contributed by atoms with Gasteiger partial charge in [-0.25, -0.2) is 4.98 Å². The van der Waals surface area contributed by atoms with Crippen molar-refractivity contribution in [1.29, 1.82) is 5.26 Å². The number of carbonyl (C=O) groups is 1. The Kier molecular flexibility index (Phi) is 5.72. The predicted molar refractivity (Wildman–Crippen MR) is 106 cm³/mol. The second kappa shape index (κ2) is 8.56. The zero-order valence-corrected chi connectivity index (χ0v) is 15.4. The van der Waals surface area contributed by atoms with Crippen LogP contribution in [0.1, 0.15) is 15.9 Å². The van der Waals surface area contributed by atoms with E-state index in [0.29, 0.717) is 39.8 Å². The quantitative estimate of drug-likeness (QED) is 0.678. The fourth-order valence-electron chi connectivity index (χ4n) is 2.55. The van der Waals surface area contributed by atoms with Gasteiger partial charge in [-0.2, -0.15) is 5.26 Å². The fourth-order valence-corrected chi connectivity index (χ4v) is 2.55. The molecule has 1 aromatic heterocycles. The average Bonchev–Trinajstić information content (AvgIpc) is 2.74. The SMILES string of the molecule is COc1ccc(NC(=O)c2ccnc(Nc3cccc(C#N)c3)c2)c(OC)c1. The van der Waals surface area contributed by atoms with Crippen molar-refractivity contribution in [2.45, 2.75) is 0 Å². The third-order valence-corrected chi connectivity index (χ3v) is 3.94. The number of amides is 1. The highest BCUT2D eigenvalue weighted by atomic mass is 16.5. The van der Waals surface area contributed by atoms with E-state index in [0.717, 1.165) is 0 Å². The van der Waals surface area contributed by atoms with Gasteiger partial charge in [-0.05, 0) is 42.5 Å². The fraction of sp³-hybridized carbons (Fsp3) is 0.0952. The first-order chi connectivity index (χ1) is 13.6. The van der Waals surface area contributed by atoms with Gasteiger partial charge in [-0.3, -0.25) is 4.79 Å². The number of hydrogen-bond donors (Lipinski definition) is 2. The van der Waals surface area contributed by atoms with E-state index in [1.807, 2.05) is 6.07 Å². The molecule has 7 nitrogen and oxygen atoms in total. The number of methoxy groups -OCH3 is 2. The number of benzene rings is 2. The number of anilines is 3. The predicted octanol–water partition coefficient (Wildman–Crippen LogP) is 3.97. The van der Waals surface area contributed by atoms with Crippen LogP contribution in [0.4, 0.5) is 17.2 Å². The van der Waals surface area contributed by atoms with Crippen LogP contribution in [0.3, 0.4) is 0 Å². The Morgan fingerprint density at radius 1 is 1.07 bits per heavy atom. The van der Waals surface area contributed by atoms with Gasteiger partial charge in [0.1, 0.15) is 17.3 Å². The third-order valence-electron chi connectivity index (χ3n) is 3.94. The van der Waals surface area contributed by atoms with E-state index < -0.39 is 0 Å². The maximum Gasteiger partial charge on any atom is 0.255 e. The zero-order valence-electron chi connectivity index (χ0n) is 15.4. The van der Waals surface area contributed by atoms with Crippen LogP contribution in [-0.4, -0.2) is 25.1 Å². The molecule has 0 atom stereocenters. The Labute approximate surface area is 162 Å². The number of rotatable bonds is 6. The standard InChI is InChI=1S/C21H18N4O3/c1-27-17-6-7-18(19(12-17)28-2)25-21(26)15-8-9-23-20(11-15)24-16-5-3-4-14(10-16)13-22/h3-12H,1-2H3,(H,23,24)(H,25,26). The largest absolute Gasteiger partial charge is 0.497 e. The Balaban J connectivity index is 1.78. The van der Waals surface area contributed by atoms with E-state index in [1.54, 1.807) is 55.6 Å². The minimum Gasteiger partial charge on any atom is -0.497 e. The van der Waals surface area contributed by atoms with Crippen LogP contribution in [0.2, 0.25) is 0 Å². The van der Waals surface area contributed by atoms with Crippen LogP contribution in [0.15, 0.2) is 60.8 Å². The van der Waals surface area contributed by atoms with E-state index in [1.165, 1.54) is 13.3 Å². The van der Waals surface area contributed by atoms with Crippen molar-refractivity contribution in [3.05, 3.63) is 71.9 Å². The molecular formula is C21H18N4O3. The zero-order chi connectivity index (χ0) is 19.9. The molecule has 3 rings (SSSR count). The van der Waals surface area contributed by atoms with Gasteiger partial charge in [-0.1, -0.05) is 6.07 Å². The molecule has 0 aliphatic carbocycles. The number of nitriles is 1. The summed E-state index contributed by atoms with van der Waals surface area (Å²) in [7, 11) is 3.08. The third kappa shape index (κ3) is 4.37. The normalized spacial score (nSPS) is 9.89. The lowest BCUT2D eigenvalue weighted by atomic mass is 10.2. The maximum absolute atomic E-state index is 12.6. The van der Waals surface area contributed by atoms with Crippen LogP contribution in [0.5, 0.6) is 11.5 Å². The number of hydrogen-bond acceptors (Lipinski definition) is 6. The van der Waals surface area contributed by atoms with Crippen LogP contribution in [-0.2, 0) is 0 Å². The van der Waals surface area contributed by atoms with Gasteiger partial charge in [-0.15, -0.1) is 0 Å².